The van der Waals surface area contributed by atoms with Gasteiger partial charge >= 0.3 is 0 Å². The Labute approximate surface area is 139 Å². The van der Waals surface area contributed by atoms with Gasteiger partial charge in [0.25, 0.3) is 0 Å². The Balaban J connectivity index is 1.49. The lowest BCUT2D eigenvalue weighted by Gasteiger charge is -2.41. The van der Waals surface area contributed by atoms with Crippen LogP contribution in [0.1, 0.15) is 23.7 Å². The van der Waals surface area contributed by atoms with Gasteiger partial charge in [-0.25, -0.2) is 4.68 Å². The zero-order valence-corrected chi connectivity index (χ0v) is 13.3. The summed E-state index contributed by atoms with van der Waals surface area (Å²) in [5.41, 5.74) is 1.83. The molecule has 7 heteroatoms. The second-order valence-corrected chi connectivity index (χ2v) is 6.39. The molecule has 0 saturated carbocycles. The van der Waals surface area contributed by atoms with Crippen molar-refractivity contribution in [3.8, 4) is 0 Å². The molecular weight excluding hydrogens is 316 g/mol. The standard InChI is InChI=1S/C16H17ClN4O2/c17-13-4-2-1-3-11(13)7-16(22)20-6-5-15-14(9-20)21-12(10-23-15)8-18-19-21/h1-4,8,14-15H,5-7,9-10H2/t14-,15+/m0/s1. The van der Waals surface area contributed by atoms with Crippen LogP contribution in [0.3, 0.4) is 0 Å². The Morgan fingerprint density at radius 3 is 3.13 bits per heavy atom. The van der Waals surface area contributed by atoms with E-state index in [1.54, 1.807) is 6.20 Å². The Bertz CT molecular complexity index is 732. The van der Waals surface area contributed by atoms with E-state index in [9.17, 15) is 4.79 Å². The van der Waals surface area contributed by atoms with Gasteiger partial charge in [0.15, 0.2) is 0 Å². The number of hydrogen-bond acceptors (Lipinski definition) is 4. The van der Waals surface area contributed by atoms with Crippen molar-refractivity contribution in [1.82, 2.24) is 19.9 Å². The minimum absolute atomic E-state index is 0.0465. The molecule has 0 radical (unpaired) electrons. The monoisotopic (exact) mass is 332 g/mol. The van der Waals surface area contributed by atoms with Gasteiger partial charge in [0, 0.05) is 18.1 Å². The molecule has 0 unspecified atom stereocenters. The summed E-state index contributed by atoms with van der Waals surface area (Å²) in [6.07, 6.45) is 2.97. The number of aromatic nitrogens is 3. The highest BCUT2D eigenvalue weighted by Crippen LogP contribution is 2.30. The first kappa shape index (κ1) is 14.7. The van der Waals surface area contributed by atoms with Gasteiger partial charge in [-0.05, 0) is 18.1 Å². The Kier molecular flexibility index (Phi) is 3.79. The molecule has 6 nitrogen and oxygen atoms in total. The molecule has 0 aliphatic carbocycles. The molecule has 1 aromatic carbocycles. The van der Waals surface area contributed by atoms with E-state index in [2.05, 4.69) is 10.3 Å². The number of rotatable bonds is 2. The summed E-state index contributed by atoms with van der Waals surface area (Å²) in [4.78, 5) is 14.5. The van der Waals surface area contributed by atoms with Crippen LogP contribution in [-0.2, 0) is 22.6 Å². The first-order valence-electron chi connectivity index (χ1n) is 7.74. The highest BCUT2D eigenvalue weighted by molar-refractivity contribution is 6.31. The van der Waals surface area contributed by atoms with Crippen LogP contribution in [0.4, 0.5) is 0 Å². The van der Waals surface area contributed by atoms with E-state index < -0.39 is 0 Å². The predicted molar refractivity (Wildman–Crippen MR) is 84.0 cm³/mol. The van der Waals surface area contributed by atoms with Gasteiger partial charge in [0.2, 0.25) is 5.91 Å². The van der Waals surface area contributed by atoms with Crippen LogP contribution < -0.4 is 0 Å². The second kappa shape index (κ2) is 5.94. The number of fused-ring (bicyclic) bond motifs is 3. The largest absolute Gasteiger partial charge is 0.370 e. The van der Waals surface area contributed by atoms with E-state index in [0.717, 1.165) is 17.7 Å². The first-order valence-corrected chi connectivity index (χ1v) is 8.12. The second-order valence-electron chi connectivity index (χ2n) is 5.98. The van der Waals surface area contributed by atoms with Crippen molar-refractivity contribution < 1.29 is 9.53 Å². The minimum Gasteiger partial charge on any atom is -0.370 e. The normalized spacial score (nSPS) is 23.3. The van der Waals surface area contributed by atoms with Crippen LogP contribution in [0.2, 0.25) is 5.02 Å². The topological polar surface area (TPSA) is 60.3 Å². The van der Waals surface area contributed by atoms with E-state index in [1.165, 1.54) is 0 Å². The number of ether oxygens (including phenoxy) is 1. The average molecular weight is 333 g/mol. The summed E-state index contributed by atoms with van der Waals surface area (Å²) >= 11 is 6.16. The van der Waals surface area contributed by atoms with Crippen LogP contribution in [0.25, 0.3) is 0 Å². The molecule has 1 amide bonds. The molecule has 3 heterocycles. The molecule has 0 N–H and O–H groups in total. The molecule has 0 bridgehead atoms. The highest BCUT2D eigenvalue weighted by Gasteiger charge is 2.37. The van der Waals surface area contributed by atoms with Crippen molar-refractivity contribution in [3.05, 3.63) is 46.7 Å². The van der Waals surface area contributed by atoms with Gasteiger partial charge < -0.3 is 9.64 Å². The molecule has 1 aromatic heterocycles. The van der Waals surface area contributed by atoms with Gasteiger partial charge in [-0.2, -0.15) is 0 Å². The number of likely N-dealkylation sites (tertiary alicyclic amines) is 1. The number of amides is 1. The maximum atomic E-state index is 12.6. The van der Waals surface area contributed by atoms with Gasteiger partial charge in [0.05, 0.1) is 37.1 Å². The number of piperidine rings is 1. The maximum Gasteiger partial charge on any atom is 0.227 e. The average Bonchev–Trinajstić information content (AvgIpc) is 3.05. The third-order valence-corrected chi connectivity index (χ3v) is 4.95. The van der Waals surface area contributed by atoms with Gasteiger partial charge in [-0.1, -0.05) is 35.0 Å². The van der Waals surface area contributed by atoms with Crippen molar-refractivity contribution in [1.29, 1.82) is 0 Å². The zero-order valence-electron chi connectivity index (χ0n) is 12.6. The smallest absolute Gasteiger partial charge is 0.227 e. The van der Waals surface area contributed by atoms with E-state index in [4.69, 9.17) is 16.3 Å². The fraction of sp³-hybridized carbons (Fsp3) is 0.438. The summed E-state index contributed by atoms with van der Waals surface area (Å²) in [5.74, 6) is 0.0868. The number of hydrogen-bond donors (Lipinski definition) is 0. The molecule has 0 spiro atoms. The minimum atomic E-state index is 0.0465. The third kappa shape index (κ3) is 2.72. The van der Waals surface area contributed by atoms with Crippen molar-refractivity contribution >= 4 is 17.5 Å². The fourth-order valence-electron chi connectivity index (χ4n) is 3.32. The summed E-state index contributed by atoms with van der Waals surface area (Å²) < 4.78 is 7.78. The van der Waals surface area contributed by atoms with Crippen LogP contribution in [0.5, 0.6) is 0 Å². The molecule has 23 heavy (non-hydrogen) atoms. The molecule has 2 atom stereocenters. The van der Waals surface area contributed by atoms with Crippen LogP contribution in [-0.4, -0.2) is 45.0 Å². The lowest BCUT2D eigenvalue weighted by atomic mass is 9.99. The van der Waals surface area contributed by atoms with Crippen molar-refractivity contribution in [3.63, 3.8) is 0 Å². The molecule has 2 aliphatic heterocycles. The number of carbonyl (C=O) groups excluding carboxylic acids is 1. The lowest BCUT2D eigenvalue weighted by molar-refractivity contribution is -0.137. The summed E-state index contributed by atoms with van der Waals surface area (Å²) in [6, 6.07) is 7.52. The van der Waals surface area contributed by atoms with Crippen LogP contribution in [0, 0.1) is 0 Å². The first-order chi connectivity index (χ1) is 11.2. The summed E-state index contributed by atoms with van der Waals surface area (Å²) in [7, 11) is 0. The van der Waals surface area contributed by atoms with E-state index in [-0.39, 0.29) is 18.1 Å². The van der Waals surface area contributed by atoms with E-state index >= 15 is 0 Å². The molecule has 1 saturated heterocycles. The SMILES string of the molecule is O=C(Cc1ccccc1Cl)N1CC[C@H]2OCc3cnnn3[C@H]2C1. The van der Waals surface area contributed by atoms with E-state index in [1.807, 2.05) is 33.8 Å². The van der Waals surface area contributed by atoms with E-state index in [0.29, 0.717) is 31.1 Å². The van der Waals surface area contributed by atoms with Crippen molar-refractivity contribution in [2.75, 3.05) is 13.1 Å². The van der Waals surface area contributed by atoms with Crippen LogP contribution in [0.15, 0.2) is 30.5 Å². The van der Waals surface area contributed by atoms with Crippen molar-refractivity contribution in [2.45, 2.75) is 31.6 Å². The Morgan fingerprint density at radius 2 is 2.26 bits per heavy atom. The molecule has 4 rings (SSSR count). The number of nitrogens with zero attached hydrogens (tertiary/aromatic N) is 4. The van der Waals surface area contributed by atoms with Crippen molar-refractivity contribution in [2.24, 2.45) is 0 Å². The molecule has 1 fully saturated rings. The number of halogens is 1. The maximum absolute atomic E-state index is 12.6. The Hall–Kier alpha value is -1.92. The quantitative estimate of drug-likeness (QED) is 0.842. The summed E-state index contributed by atoms with van der Waals surface area (Å²) in [5, 5.41) is 8.75. The summed E-state index contributed by atoms with van der Waals surface area (Å²) in [6.45, 7) is 1.85. The lowest BCUT2D eigenvalue weighted by Crippen LogP contribution is -2.50. The molecule has 2 aliphatic rings. The zero-order chi connectivity index (χ0) is 15.8. The third-order valence-electron chi connectivity index (χ3n) is 4.58. The molecule has 2 aromatic rings. The number of carbonyl (C=O) groups is 1. The van der Waals surface area contributed by atoms with Gasteiger partial charge in [-0.3, -0.25) is 4.79 Å². The predicted octanol–water partition coefficient (Wildman–Crippen LogP) is 1.85. The van der Waals surface area contributed by atoms with Crippen LogP contribution >= 0.6 is 11.6 Å². The Morgan fingerprint density at radius 1 is 1.39 bits per heavy atom. The fourth-order valence-corrected chi connectivity index (χ4v) is 3.52. The number of benzene rings is 1. The van der Waals surface area contributed by atoms with Gasteiger partial charge in [-0.15, -0.1) is 5.10 Å². The highest BCUT2D eigenvalue weighted by atomic mass is 35.5. The molecule has 120 valence electrons. The molecular formula is C16H17ClN4O2. The van der Waals surface area contributed by atoms with Gasteiger partial charge in [0.1, 0.15) is 0 Å².